The molecular formula is C17H22N2S. The summed E-state index contributed by atoms with van der Waals surface area (Å²) >= 11 is 1.83. The molecule has 1 aliphatic rings. The maximum absolute atomic E-state index is 5.93. The molecule has 1 fully saturated rings. The molecule has 3 heteroatoms. The zero-order valence-corrected chi connectivity index (χ0v) is 12.7. The lowest BCUT2D eigenvalue weighted by Crippen LogP contribution is -1.96. The van der Waals surface area contributed by atoms with Crippen molar-refractivity contribution in [1.82, 2.24) is 4.98 Å². The molecule has 0 saturated heterocycles. The highest BCUT2D eigenvalue weighted by atomic mass is 32.1. The Hall–Kier alpha value is -1.19. The number of rotatable bonds is 3. The Morgan fingerprint density at radius 2 is 1.75 bits per heavy atom. The molecule has 0 radical (unpaired) electrons. The Morgan fingerprint density at radius 1 is 1.05 bits per heavy atom. The summed E-state index contributed by atoms with van der Waals surface area (Å²) in [5, 5.41) is 1.31. The van der Waals surface area contributed by atoms with E-state index in [0.29, 0.717) is 12.5 Å². The van der Waals surface area contributed by atoms with Gasteiger partial charge in [-0.05, 0) is 12.8 Å². The molecule has 1 aromatic carbocycles. The van der Waals surface area contributed by atoms with Crippen LogP contribution in [0.5, 0.6) is 0 Å². The fourth-order valence-corrected chi connectivity index (χ4v) is 4.17. The first-order valence-electron chi connectivity index (χ1n) is 7.63. The predicted molar refractivity (Wildman–Crippen MR) is 85.9 cm³/mol. The predicted octanol–water partition coefficient (Wildman–Crippen LogP) is 4.71. The third-order valence-corrected chi connectivity index (χ3v) is 5.39. The van der Waals surface area contributed by atoms with E-state index < -0.39 is 0 Å². The number of hydrogen-bond donors (Lipinski definition) is 1. The topological polar surface area (TPSA) is 38.9 Å². The van der Waals surface area contributed by atoms with Gasteiger partial charge in [-0.2, -0.15) is 0 Å². The monoisotopic (exact) mass is 286 g/mol. The van der Waals surface area contributed by atoms with Crippen molar-refractivity contribution in [3.05, 3.63) is 40.2 Å². The molecule has 0 bridgehead atoms. The highest BCUT2D eigenvalue weighted by Crippen LogP contribution is 2.37. The lowest BCUT2D eigenvalue weighted by atomic mass is 10.0. The van der Waals surface area contributed by atoms with Crippen LogP contribution in [0.25, 0.3) is 11.3 Å². The maximum Gasteiger partial charge on any atom is 0.0966 e. The van der Waals surface area contributed by atoms with Crippen molar-refractivity contribution in [2.75, 3.05) is 0 Å². The number of aromatic nitrogens is 1. The normalized spacial score (nSPS) is 17.1. The Kier molecular flexibility index (Phi) is 4.48. The molecule has 2 aromatic rings. The molecule has 106 valence electrons. The smallest absolute Gasteiger partial charge is 0.0966 e. The first-order chi connectivity index (χ1) is 9.88. The van der Waals surface area contributed by atoms with E-state index in [2.05, 4.69) is 24.3 Å². The largest absolute Gasteiger partial charge is 0.326 e. The molecule has 1 saturated carbocycles. The third-order valence-electron chi connectivity index (χ3n) is 4.15. The number of nitrogens with two attached hydrogens (primary N) is 1. The van der Waals surface area contributed by atoms with E-state index in [9.17, 15) is 0 Å². The van der Waals surface area contributed by atoms with Gasteiger partial charge in [0.15, 0.2) is 0 Å². The summed E-state index contributed by atoms with van der Waals surface area (Å²) in [4.78, 5) is 6.19. The highest BCUT2D eigenvalue weighted by molar-refractivity contribution is 7.12. The number of benzene rings is 1. The summed E-state index contributed by atoms with van der Waals surface area (Å²) in [5.41, 5.74) is 8.24. The Morgan fingerprint density at radius 3 is 2.40 bits per heavy atom. The second-order valence-electron chi connectivity index (χ2n) is 5.58. The quantitative estimate of drug-likeness (QED) is 0.830. The van der Waals surface area contributed by atoms with Crippen LogP contribution in [-0.4, -0.2) is 4.98 Å². The Bertz CT molecular complexity index is 539. The van der Waals surface area contributed by atoms with Gasteiger partial charge in [-0.15, -0.1) is 11.3 Å². The van der Waals surface area contributed by atoms with E-state index in [1.807, 2.05) is 17.4 Å². The summed E-state index contributed by atoms with van der Waals surface area (Å²) in [5.74, 6) is 0.658. The van der Waals surface area contributed by atoms with Crippen molar-refractivity contribution in [1.29, 1.82) is 0 Å². The van der Waals surface area contributed by atoms with Gasteiger partial charge in [-0.25, -0.2) is 4.98 Å². The van der Waals surface area contributed by atoms with Crippen molar-refractivity contribution in [3.63, 3.8) is 0 Å². The minimum atomic E-state index is 0.592. The van der Waals surface area contributed by atoms with Crippen molar-refractivity contribution < 1.29 is 0 Å². The fourth-order valence-electron chi connectivity index (χ4n) is 3.03. The molecule has 0 unspecified atom stereocenters. The van der Waals surface area contributed by atoms with Crippen molar-refractivity contribution in [2.45, 2.75) is 51.0 Å². The van der Waals surface area contributed by atoms with Gasteiger partial charge >= 0.3 is 0 Å². The average Bonchev–Trinajstić information content (AvgIpc) is 2.75. The van der Waals surface area contributed by atoms with Crippen molar-refractivity contribution in [2.24, 2.45) is 5.73 Å². The second kappa shape index (κ2) is 6.51. The molecule has 0 aliphatic heterocycles. The molecule has 0 atom stereocenters. The average molecular weight is 286 g/mol. The van der Waals surface area contributed by atoms with Crippen LogP contribution in [0, 0.1) is 0 Å². The lowest BCUT2D eigenvalue weighted by molar-refractivity contribution is 0.589. The molecule has 1 aromatic heterocycles. The van der Waals surface area contributed by atoms with Crippen LogP contribution in [0.3, 0.4) is 0 Å². The molecule has 0 spiro atoms. The van der Waals surface area contributed by atoms with Crippen LogP contribution in [0.2, 0.25) is 0 Å². The highest BCUT2D eigenvalue weighted by Gasteiger charge is 2.20. The number of hydrogen-bond acceptors (Lipinski definition) is 3. The summed E-state index contributed by atoms with van der Waals surface area (Å²) in [6.45, 7) is 0.592. The molecule has 20 heavy (non-hydrogen) atoms. The Labute approximate surface area is 125 Å². The third kappa shape index (κ3) is 2.94. The first-order valence-corrected chi connectivity index (χ1v) is 8.45. The minimum absolute atomic E-state index is 0.592. The molecule has 1 aliphatic carbocycles. The molecule has 1 heterocycles. The van der Waals surface area contributed by atoms with Gasteiger partial charge in [-0.3, -0.25) is 0 Å². The second-order valence-corrected chi connectivity index (χ2v) is 6.70. The molecular weight excluding hydrogens is 264 g/mol. The van der Waals surface area contributed by atoms with Crippen LogP contribution in [0.1, 0.15) is 54.3 Å². The van der Waals surface area contributed by atoms with E-state index in [1.165, 1.54) is 54.0 Å². The minimum Gasteiger partial charge on any atom is -0.326 e. The van der Waals surface area contributed by atoms with Crippen molar-refractivity contribution in [3.8, 4) is 11.3 Å². The molecule has 0 amide bonds. The first kappa shape index (κ1) is 13.8. The lowest BCUT2D eigenvalue weighted by Gasteiger charge is -2.09. The van der Waals surface area contributed by atoms with Crippen LogP contribution in [-0.2, 0) is 6.54 Å². The molecule has 2 nitrogen and oxygen atoms in total. The molecule has 3 rings (SSSR count). The van der Waals surface area contributed by atoms with Crippen LogP contribution in [0.15, 0.2) is 30.3 Å². The van der Waals surface area contributed by atoms with Gasteiger partial charge in [-0.1, -0.05) is 56.0 Å². The zero-order chi connectivity index (χ0) is 13.8. The summed E-state index contributed by atoms with van der Waals surface area (Å²) in [6.07, 6.45) is 8.07. The SMILES string of the molecule is NCc1sc(C2CCCCCC2)nc1-c1ccccc1. The van der Waals surface area contributed by atoms with E-state index in [0.717, 1.165) is 5.69 Å². The van der Waals surface area contributed by atoms with E-state index in [-0.39, 0.29) is 0 Å². The summed E-state index contributed by atoms with van der Waals surface area (Å²) in [7, 11) is 0. The van der Waals surface area contributed by atoms with Gasteiger partial charge in [0, 0.05) is 22.9 Å². The van der Waals surface area contributed by atoms with E-state index in [1.54, 1.807) is 0 Å². The number of nitrogens with zero attached hydrogens (tertiary/aromatic N) is 1. The van der Waals surface area contributed by atoms with Gasteiger partial charge in [0.2, 0.25) is 0 Å². The summed E-state index contributed by atoms with van der Waals surface area (Å²) < 4.78 is 0. The fraction of sp³-hybridized carbons (Fsp3) is 0.471. The maximum atomic E-state index is 5.93. The van der Waals surface area contributed by atoms with Gasteiger partial charge in [0.1, 0.15) is 0 Å². The standard InChI is InChI=1S/C17H22N2S/c18-12-15-16(13-8-6-3-7-9-13)19-17(20-15)14-10-4-1-2-5-11-14/h3,6-9,14H,1-2,4-5,10-12,18H2. The van der Waals surface area contributed by atoms with Gasteiger partial charge in [0.05, 0.1) is 10.7 Å². The van der Waals surface area contributed by atoms with Crippen LogP contribution >= 0.6 is 11.3 Å². The molecule has 2 N–H and O–H groups in total. The van der Waals surface area contributed by atoms with E-state index >= 15 is 0 Å². The van der Waals surface area contributed by atoms with Crippen molar-refractivity contribution >= 4 is 11.3 Å². The zero-order valence-electron chi connectivity index (χ0n) is 11.8. The summed E-state index contributed by atoms with van der Waals surface area (Å²) in [6, 6.07) is 10.4. The van der Waals surface area contributed by atoms with E-state index in [4.69, 9.17) is 10.7 Å². The van der Waals surface area contributed by atoms with Gasteiger partial charge < -0.3 is 5.73 Å². The Balaban J connectivity index is 1.92. The van der Waals surface area contributed by atoms with Crippen LogP contribution in [0.4, 0.5) is 0 Å². The van der Waals surface area contributed by atoms with Gasteiger partial charge in [0.25, 0.3) is 0 Å². The van der Waals surface area contributed by atoms with Crippen LogP contribution < -0.4 is 5.73 Å². The number of thiazole rings is 1.